The number of hydrogen-bond acceptors (Lipinski definition) is 6. The fourth-order valence-electron chi connectivity index (χ4n) is 5.09. The molecule has 2 atom stereocenters. The second kappa shape index (κ2) is 10.1. The number of hydrogen-bond donors (Lipinski definition) is 1. The van der Waals surface area contributed by atoms with Crippen LogP contribution in [0.2, 0.25) is 0 Å². The Morgan fingerprint density at radius 2 is 1.91 bits per heavy atom. The minimum atomic E-state index is -0.250. The number of benzene rings is 1. The third kappa shape index (κ3) is 5.24. The molecule has 1 amide bonds. The molecule has 2 fully saturated rings. The third-order valence-corrected chi connectivity index (χ3v) is 6.29. The molecule has 0 spiro atoms. The molecule has 172 valence electrons. The molecule has 0 bridgehead atoms. The number of anilines is 1. The van der Waals surface area contributed by atoms with Crippen molar-refractivity contribution in [2.45, 2.75) is 20.3 Å². The smallest absolute Gasteiger partial charge is 0.290 e. The van der Waals surface area contributed by atoms with Gasteiger partial charge in [-0.2, -0.15) is 0 Å². The van der Waals surface area contributed by atoms with Gasteiger partial charge in [-0.05, 0) is 33.5 Å². The second-order valence-corrected chi connectivity index (χ2v) is 9.14. The summed E-state index contributed by atoms with van der Waals surface area (Å²) >= 11 is 0. The SMILES string of the molecule is Cc1cnc(C)c(N2CC3CN(C(=O)Cc4ccccc4)CC3(CN(C)C)C2)n1.O=CO. The van der Waals surface area contributed by atoms with E-state index in [1.54, 1.807) is 0 Å². The van der Waals surface area contributed by atoms with E-state index in [0.29, 0.717) is 12.3 Å². The lowest BCUT2D eigenvalue weighted by Crippen LogP contribution is -2.43. The molecule has 8 nitrogen and oxygen atoms in total. The molecule has 0 aliphatic carbocycles. The summed E-state index contributed by atoms with van der Waals surface area (Å²) in [5.74, 6) is 1.69. The predicted octanol–water partition coefficient (Wildman–Crippen LogP) is 1.86. The van der Waals surface area contributed by atoms with Crippen LogP contribution in [0.5, 0.6) is 0 Å². The summed E-state index contributed by atoms with van der Waals surface area (Å²) in [6, 6.07) is 10.1. The zero-order valence-electron chi connectivity index (χ0n) is 19.4. The maximum Gasteiger partial charge on any atom is 0.290 e. The molecular formula is C24H33N5O3. The molecule has 2 aliphatic heterocycles. The van der Waals surface area contributed by atoms with Crippen LogP contribution in [0.3, 0.4) is 0 Å². The molecule has 32 heavy (non-hydrogen) atoms. The van der Waals surface area contributed by atoms with Gasteiger partial charge in [0.1, 0.15) is 5.82 Å². The van der Waals surface area contributed by atoms with Gasteiger partial charge in [-0.25, -0.2) is 4.98 Å². The van der Waals surface area contributed by atoms with Gasteiger partial charge in [0.05, 0.1) is 17.8 Å². The molecule has 0 radical (unpaired) electrons. The number of aromatic nitrogens is 2. The van der Waals surface area contributed by atoms with Crippen molar-refractivity contribution in [2.75, 3.05) is 51.7 Å². The molecule has 4 rings (SSSR count). The number of carbonyl (C=O) groups is 2. The lowest BCUT2D eigenvalue weighted by molar-refractivity contribution is -0.130. The number of rotatable bonds is 5. The van der Waals surface area contributed by atoms with E-state index in [0.717, 1.165) is 55.5 Å². The Kier molecular flexibility index (Phi) is 7.45. The van der Waals surface area contributed by atoms with Crippen LogP contribution >= 0.6 is 0 Å². The fraction of sp³-hybridized carbons (Fsp3) is 0.500. The number of carboxylic acid groups (broad SMARTS) is 1. The van der Waals surface area contributed by atoms with Crippen molar-refractivity contribution in [1.29, 1.82) is 0 Å². The summed E-state index contributed by atoms with van der Waals surface area (Å²) in [6.45, 7) is 8.24. The Labute approximate surface area is 189 Å². The molecular weight excluding hydrogens is 406 g/mol. The topological polar surface area (TPSA) is 89.9 Å². The maximum atomic E-state index is 13.0. The van der Waals surface area contributed by atoms with Crippen LogP contribution in [0.4, 0.5) is 5.82 Å². The van der Waals surface area contributed by atoms with E-state index in [2.05, 4.69) is 33.8 Å². The first kappa shape index (κ1) is 23.7. The average molecular weight is 440 g/mol. The highest BCUT2D eigenvalue weighted by atomic mass is 16.3. The van der Waals surface area contributed by atoms with E-state index in [1.807, 2.05) is 50.4 Å². The largest absolute Gasteiger partial charge is 0.483 e. The van der Waals surface area contributed by atoms with E-state index in [4.69, 9.17) is 14.9 Å². The van der Waals surface area contributed by atoms with Crippen molar-refractivity contribution in [2.24, 2.45) is 11.3 Å². The van der Waals surface area contributed by atoms with E-state index in [-0.39, 0.29) is 17.8 Å². The van der Waals surface area contributed by atoms with Gasteiger partial charge in [0.2, 0.25) is 5.91 Å². The molecule has 2 saturated heterocycles. The standard InChI is InChI=1S/C23H31N5O.CH2O2/c1-17-11-24-18(2)22(25-17)28-13-20-12-27(15-23(20,16-28)14-26(3)4)21(29)10-19-8-6-5-7-9-19;2-1-3/h5-9,11,20H,10,12-16H2,1-4H3;1H,(H,2,3). The Morgan fingerprint density at radius 3 is 2.56 bits per heavy atom. The molecule has 1 N–H and O–H groups in total. The van der Waals surface area contributed by atoms with E-state index in [1.165, 1.54) is 0 Å². The van der Waals surface area contributed by atoms with E-state index >= 15 is 0 Å². The highest BCUT2D eigenvalue weighted by Crippen LogP contribution is 2.44. The summed E-state index contributed by atoms with van der Waals surface area (Å²) < 4.78 is 0. The van der Waals surface area contributed by atoms with Crippen LogP contribution in [-0.2, 0) is 16.0 Å². The van der Waals surface area contributed by atoms with Crippen LogP contribution < -0.4 is 4.90 Å². The van der Waals surface area contributed by atoms with Gasteiger partial charge >= 0.3 is 0 Å². The molecule has 0 saturated carbocycles. The van der Waals surface area contributed by atoms with E-state index in [9.17, 15) is 4.79 Å². The van der Waals surface area contributed by atoms with Gasteiger partial charge in [-0.15, -0.1) is 0 Å². The second-order valence-electron chi connectivity index (χ2n) is 9.14. The minimum Gasteiger partial charge on any atom is -0.483 e. The number of likely N-dealkylation sites (tertiary alicyclic amines) is 1. The van der Waals surface area contributed by atoms with Gasteiger partial charge in [-0.3, -0.25) is 14.6 Å². The average Bonchev–Trinajstić information content (AvgIpc) is 3.24. The number of aryl methyl sites for hydroxylation is 2. The van der Waals surface area contributed by atoms with Crippen LogP contribution in [0.15, 0.2) is 36.5 Å². The normalized spacial score (nSPS) is 21.8. The molecule has 3 heterocycles. The van der Waals surface area contributed by atoms with Gasteiger partial charge < -0.3 is 19.8 Å². The first-order valence-corrected chi connectivity index (χ1v) is 10.9. The zero-order valence-corrected chi connectivity index (χ0v) is 19.4. The van der Waals surface area contributed by atoms with E-state index < -0.39 is 0 Å². The summed E-state index contributed by atoms with van der Waals surface area (Å²) in [5.41, 5.74) is 3.09. The van der Waals surface area contributed by atoms with Crippen LogP contribution in [0, 0.1) is 25.2 Å². The molecule has 1 aromatic carbocycles. The fourth-order valence-corrected chi connectivity index (χ4v) is 5.09. The lowest BCUT2D eigenvalue weighted by atomic mass is 9.80. The first-order valence-electron chi connectivity index (χ1n) is 10.9. The molecule has 2 unspecified atom stereocenters. The Bertz CT molecular complexity index is 936. The quantitative estimate of drug-likeness (QED) is 0.711. The predicted molar refractivity (Wildman–Crippen MR) is 124 cm³/mol. The van der Waals surface area contributed by atoms with Crippen molar-refractivity contribution >= 4 is 18.2 Å². The Morgan fingerprint density at radius 1 is 1.22 bits per heavy atom. The van der Waals surface area contributed by atoms with Crippen LogP contribution in [-0.4, -0.2) is 84.1 Å². The van der Waals surface area contributed by atoms with Gasteiger partial charge in [0.15, 0.2) is 0 Å². The highest BCUT2D eigenvalue weighted by molar-refractivity contribution is 5.79. The van der Waals surface area contributed by atoms with Crippen molar-refractivity contribution in [3.05, 3.63) is 53.5 Å². The Hall–Kier alpha value is -3.00. The van der Waals surface area contributed by atoms with Crippen molar-refractivity contribution in [3.63, 3.8) is 0 Å². The van der Waals surface area contributed by atoms with Gasteiger partial charge in [0, 0.05) is 50.3 Å². The van der Waals surface area contributed by atoms with Crippen LogP contribution in [0.25, 0.3) is 0 Å². The lowest BCUT2D eigenvalue weighted by Gasteiger charge is -2.32. The van der Waals surface area contributed by atoms with Crippen molar-refractivity contribution in [3.8, 4) is 0 Å². The third-order valence-electron chi connectivity index (χ3n) is 6.29. The number of carbonyl (C=O) groups excluding carboxylic acids is 1. The number of amides is 1. The summed E-state index contributed by atoms with van der Waals surface area (Å²) in [5, 5.41) is 6.89. The number of nitrogens with zero attached hydrogens (tertiary/aromatic N) is 5. The monoisotopic (exact) mass is 439 g/mol. The molecule has 1 aromatic heterocycles. The van der Waals surface area contributed by atoms with Crippen LogP contribution in [0.1, 0.15) is 17.0 Å². The minimum absolute atomic E-state index is 0.0771. The molecule has 2 aromatic rings. The van der Waals surface area contributed by atoms with Crippen molar-refractivity contribution < 1.29 is 14.7 Å². The summed E-state index contributed by atoms with van der Waals surface area (Å²) in [6.07, 6.45) is 2.31. The summed E-state index contributed by atoms with van der Waals surface area (Å²) in [4.78, 5) is 37.4. The molecule has 2 aliphatic rings. The molecule has 8 heteroatoms. The maximum absolute atomic E-state index is 13.0. The highest BCUT2D eigenvalue weighted by Gasteiger charge is 2.54. The summed E-state index contributed by atoms with van der Waals surface area (Å²) in [7, 11) is 4.25. The van der Waals surface area contributed by atoms with Crippen molar-refractivity contribution in [1.82, 2.24) is 19.8 Å². The Balaban J connectivity index is 0.000000913. The first-order chi connectivity index (χ1) is 15.3. The zero-order chi connectivity index (χ0) is 23.3. The number of fused-ring (bicyclic) bond motifs is 1. The van der Waals surface area contributed by atoms with Gasteiger partial charge in [0.25, 0.3) is 6.47 Å². The van der Waals surface area contributed by atoms with Gasteiger partial charge in [-0.1, -0.05) is 30.3 Å².